The van der Waals surface area contributed by atoms with Crippen LogP contribution in [-0.2, 0) is 4.74 Å². The van der Waals surface area contributed by atoms with Gasteiger partial charge in [0.15, 0.2) is 0 Å². The molecule has 2 heterocycles. The zero-order valence-electron chi connectivity index (χ0n) is 17.3. The van der Waals surface area contributed by atoms with Gasteiger partial charge < -0.3 is 15.0 Å². The number of aromatic nitrogens is 1. The van der Waals surface area contributed by atoms with Crippen molar-refractivity contribution in [1.29, 1.82) is 0 Å². The van der Waals surface area contributed by atoms with E-state index in [4.69, 9.17) is 9.72 Å². The molecule has 0 unspecified atom stereocenters. The van der Waals surface area contributed by atoms with Gasteiger partial charge in [0.1, 0.15) is 5.82 Å². The van der Waals surface area contributed by atoms with Crippen LogP contribution in [0.5, 0.6) is 0 Å². The maximum Gasteiger partial charge on any atom is 0.253 e. The van der Waals surface area contributed by atoms with Crippen LogP contribution in [0, 0.1) is 12.3 Å². The molecule has 5 nitrogen and oxygen atoms in total. The molecule has 1 N–H and O–H groups in total. The molecule has 0 bridgehead atoms. The highest BCUT2D eigenvalue weighted by molar-refractivity contribution is 5.97. The molecule has 1 amide bonds. The fourth-order valence-corrected chi connectivity index (χ4v) is 3.26. The number of carbonyl (C=O) groups excluding carboxylic acids is 1. The van der Waals surface area contributed by atoms with Gasteiger partial charge in [-0.3, -0.25) is 4.79 Å². The second-order valence-corrected chi connectivity index (χ2v) is 8.73. The van der Waals surface area contributed by atoms with Crippen molar-refractivity contribution in [1.82, 2.24) is 10.3 Å². The van der Waals surface area contributed by atoms with E-state index in [0.29, 0.717) is 12.0 Å². The average Bonchev–Trinajstić information content (AvgIpc) is 2.57. The van der Waals surface area contributed by atoms with Crippen molar-refractivity contribution in [3.05, 3.63) is 22.9 Å². The average molecular weight is 362 g/mol. The summed E-state index contributed by atoms with van der Waals surface area (Å²) in [6.45, 7) is 16.8. The summed E-state index contributed by atoms with van der Waals surface area (Å²) in [5, 5.41) is 3.09. The second kappa shape index (κ2) is 8.85. The van der Waals surface area contributed by atoms with Crippen molar-refractivity contribution in [3.8, 4) is 0 Å². The van der Waals surface area contributed by atoms with E-state index in [9.17, 15) is 4.79 Å². The van der Waals surface area contributed by atoms with Crippen LogP contribution < -0.4 is 10.2 Å². The minimum Gasteiger partial charge on any atom is -0.378 e. The van der Waals surface area contributed by atoms with Gasteiger partial charge in [-0.25, -0.2) is 4.98 Å². The van der Waals surface area contributed by atoms with Gasteiger partial charge in [0.25, 0.3) is 5.91 Å². The molecular weight excluding hydrogens is 326 g/mol. The van der Waals surface area contributed by atoms with Gasteiger partial charge in [-0.15, -0.1) is 0 Å². The molecule has 0 saturated carbocycles. The predicted octanol–water partition coefficient (Wildman–Crippen LogP) is 3.91. The maximum atomic E-state index is 12.8. The van der Waals surface area contributed by atoms with Crippen LogP contribution in [0.1, 0.15) is 75.0 Å². The summed E-state index contributed by atoms with van der Waals surface area (Å²) in [5.41, 5.74) is 2.93. The molecule has 0 aromatic carbocycles. The number of hydrogen-bond acceptors (Lipinski definition) is 4. The number of aryl methyl sites for hydroxylation is 1. The Balaban J connectivity index is 2.14. The minimum absolute atomic E-state index is 0.00105. The van der Waals surface area contributed by atoms with Gasteiger partial charge in [0.2, 0.25) is 0 Å². The van der Waals surface area contributed by atoms with Crippen molar-refractivity contribution in [2.24, 2.45) is 5.41 Å². The number of morpholine rings is 1. The first-order chi connectivity index (χ1) is 12.2. The van der Waals surface area contributed by atoms with E-state index in [1.165, 1.54) is 0 Å². The molecule has 26 heavy (non-hydrogen) atoms. The molecule has 0 spiro atoms. The largest absolute Gasteiger partial charge is 0.378 e. The van der Waals surface area contributed by atoms with Crippen molar-refractivity contribution in [2.75, 3.05) is 37.7 Å². The van der Waals surface area contributed by atoms with E-state index in [1.54, 1.807) is 0 Å². The lowest BCUT2D eigenvalue weighted by atomic mass is 9.90. The zero-order chi connectivity index (χ0) is 19.3. The van der Waals surface area contributed by atoms with Gasteiger partial charge >= 0.3 is 0 Å². The van der Waals surface area contributed by atoms with Crippen LogP contribution in [0.15, 0.2) is 6.07 Å². The van der Waals surface area contributed by atoms with E-state index in [0.717, 1.165) is 61.8 Å². The number of amides is 1. The number of carbonyl (C=O) groups is 1. The Morgan fingerprint density at radius 1 is 1.31 bits per heavy atom. The molecular formula is C21H35N3O2. The fourth-order valence-electron chi connectivity index (χ4n) is 3.26. The zero-order valence-corrected chi connectivity index (χ0v) is 17.3. The van der Waals surface area contributed by atoms with Crippen molar-refractivity contribution in [3.63, 3.8) is 0 Å². The number of hydrogen-bond donors (Lipinski definition) is 1. The number of pyridine rings is 1. The van der Waals surface area contributed by atoms with Crippen molar-refractivity contribution >= 4 is 11.7 Å². The van der Waals surface area contributed by atoms with Crippen molar-refractivity contribution < 1.29 is 9.53 Å². The molecule has 1 aliphatic heterocycles. The van der Waals surface area contributed by atoms with E-state index in [1.807, 2.05) is 13.0 Å². The summed E-state index contributed by atoms with van der Waals surface area (Å²) in [7, 11) is 0. The third-order valence-electron chi connectivity index (χ3n) is 4.73. The molecule has 1 aliphatic rings. The molecule has 5 heteroatoms. The summed E-state index contributed by atoms with van der Waals surface area (Å²) in [6, 6.07) is 2.04. The van der Waals surface area contributed by atoms with Crippen LogP contribution in [0.25, 0.3) is 0 Å². The standard InChI is InChI=1S/C21H35N3O2/c1-15(2)19-18(20(25)22-9-7-8-21(4,5)6)16(3)14-17(23-19)24-10-12-26-13-11-24/h14-15H,7-13H2,1-6H3,(H,22,25). The third-order valence-corrected chi connectivity index (χ3v) is 4.73. The lowest BCUT2D eigenvalue weighted by Crippen LogP contribution is -2.37. The van der Waals surface area contributed by atoms with E-state index in [-0.39, 0.29) is 11.8 Å². The van der Waals surface area contributed by atoms with Crippen LogP contribution in [0.3, 0.4) is 0 Å². The number of nitrogens with zero attached hydrogens (tertiary/aromatic N) is 2. The number of anilines is 1. The van der Waals surface area contributed by atoms with E-state index < -0.39 is 0 Å². The molecule has 146 valence electrons. The molecule has 0 radical (unpaired) electrons. The van der Waals surface area contributed by atoms with Crippen LogP contribution >= 0.6 is 0 Å². The van der Waals surface area contributed by atoms with Gasteiger partial charge in [-0.2, -0.15) is 0 Å². The molecule has 1 aromatic heterocycles. The van der Waals surface area contributed by atoms with Crippen LogP contribution in [0.4, 0.5) is 5.82 Å². The highest BCUT2D eigenvalue weighted by Gasteiger charge is 2.22. The maximum absolute atomic E-state index is 12.8. The summed E-state index contributed by atoms with van der Waals surface area (Å²) in [5.74, 6) is 1.16. The Labute approximate surface area is 158 Å². The van der Waals surface area contributed by atoms with Crippen LogP contribution in [-0.4, -0.2) is 43.7 Å². The first kappa shape index (κ1) is 20.7. The molecule has 1 fully saturated rings. The highest BCUT2D eigenvalue weighted by Crippen LogP contribution is 2.26. The number of ether oxygens (including phenoxy) is 1. The van der Waals surface area contributed by atoms with Gasteiger partial charge in [-0.05, 0) is 42.7 Å². The smallest absolute Gasteiger partial charge is 0.253 e. The van der Waals surface area contributed by atoms with Crippen LogP contribution in [0.2, 0.25) is 0 Å². The molecule has 1 aromatic rings. The Kier molecular flexibility index (Phi) is 7.04. The molecule has 0 atom stereocenters. The fraction of sp³-hybridized carbons (Fsp3) is 0.714. The first-order valence-electron chi connectivity index (χ1n) is 9.81. The summed E-state index contributed by atoms with van der Waals surface area (Å²) in [4.78, 5) is 19.9. The Hall–Kier alpha value is -1.62. The summed E-state index contributed by atoms with van der Waals surface area (Å²) >= 11 is 0. The Morgan fingerprint density at radius 2 is 1.96 bits per heavy atom. The molecule has 1 saturated heterocycles. The quantitative estimate of drug-likeness (QED) is 0.781. The normalized spacial score (nSPS) is 15.4. The van der Waals surface area contributed by atoms with Crippen molar-refractivity contribution in [2.45, 2.75) is 60.3 Å². The predicted molar refractivity (Wildman–Crippen MR) is 107 cm³/mol. The Bertz CT molecular complexity index is 614. The molecule has 2 rings (SSSR count). The van der Waals surface area contributed by atoms with Gasteiger partial charge in [0.05, 0.1) is 24.5 Å². The summed E-state index contributed by atoms with van der Waals surface area (Å²) in [6.07, 6.45) is 2.09. The van der Waals surface area contributed by atoms with Gasteiger partial charge in [0, 0.05) is 19.6 Å². The SMILES string of the molecule is Cc1cc(N2CCOCC2)nc(C(C)C)c1C(=O)NCCCC(C)(C)C. The lowest BCUT2D eigenvalue weighted by molar-refractivity contribution is 0.0949. The van der Waals surface area contributed by atoms with E-state index in [2.05, 4.69) is 44.8 Å². The first-order valence-corrected chi connectivity index (χ1v) is 9.81. The topological polar surface area (TPSA) is 54.5 Å². The van der Waals surface area contributed by atoms with Gasteiger partial charge in [-0.1, -0.05) is 34.6 Å². The monoisotopic (exact) mass is 361 g/mol. The minimum atomic E-state index is 0.00105. The Morgan fingerprint density at radius 3 is 2.54 bits per heavy atom. The number of nitrogens with one attached hydrogen (secondary N) is 1. The third kappa shape index (κ3) is 5.70. The summed E-state index contributed by atoms with van der Waals surface area (Å²) < 4.78 is 5.44. The van der Waals surface area contributed by atoms with E-state index >= 15 is 0 Å². The lowest BCUT2D eigenvalue weighted by Gasteiger charge is -2.29. The highest BCUT2D eigenvalue weighted by atomic mass is 16.5. The molecule has 0 aliphatic carbocycles. The number of rotatable bonds is 6. The second-order valence-electron chi connectivity index (χ2n) is 8.73.